The fourth-order valence-corrected chi connectivity index (χ4v) is 1.35. The van der Waals surface area contributed by atoms with Crippen LogP contribution in [0.5, 0.6) is 5.75 Å². The number of methoxy groups -OCH3 is 1. The summed E-state index contributed by atoms with van der Waals surface area (Å²) in [6.07, 6.45) is 0.365. The Bertz CT molecular complexity index is 367. The van der Waals surface area contributed by atoms with E-state index in [1.165, 1.54) is 19.2 Å². The van der Waals surface area contributed by atoms with Crippen molar-refractivity contribution < 1.29 is 18.7 Å². The first kappa shape index (κ1) is 14.4. The highest BCUT2D eigenvalue weighted by Gasteiger charge is 2.04. The lowest BCUT2D eigenvalue weighted by Gasteiger charge is -2.16. The Hall–Kier alpha value is -1.62. The molecule has 0 fully saturated rings. The molecule has 0 aliphatic rings. The molecule has 0 atom stereocenters. The molecule has 1 aromatic rings. The van der Waals surface area contributed by atoms with E-state index in [-0.39, 0.29) is 11.8 Å². The fraction of sp³-hybridized carbons (Fsp3) is 0.462. The molecule has 0 heterocycles. The highest BCUT2D eigenvalue weighted by atomic mass is 19.1. The Morgan fingerprint density at radius 3 is 2.56 bits per heavy atom. The Morgan fingerprint density at radius 1 is 1.28 bits per heavy atom. The second kappa shape index (κ2) is 7.66. The predicted octanol–water partition coefficient (Wildman–Crippen LogP) is 1.70. The van der Waals surface area contributed by atoms with Gasteiger partial charge in [0.15, 0.2) is 0 Å². The van der Waals surface area contributed by atoms with Gasteiger partial charge in [-0.2, -0.15) is 0 Å². The molecule has 0 spiro atoms. The molecule has 0 saturated heterocycles. The Morgan fingerprint density at radius 2 is 1.94 bits per heavy atom. The summed E-state index contributed by atoms with van der Waals surface area (Å²) >= 11 is 0. The molecular formula is C13H18FNO3. The van der Waals surface area contributed by atoms with Gasteiger partial charge in [0.05, 0.1) is 13.5 Å². The largest absolute Gasteiger partial charge is 0.492 e. The van der Waals surface area contributed by atoms with Crippen molar-refractivity contribution in [2.45, 2.75) is 6.42 Å². The SMILES string of the molecule is COC(=O)CCN(C)CCOc1ccc(F)cc1. The molecule has 4 nitrogen and oxygen atoms in total. The first-order valence-corrected chi connectivity index (χ1v) is 5.75. The van der Waals surface area contributed by atoms with Crippen LogP contribution in [0.1, 0.15) is 6.42 Å². The minimum atomic E-state index is -0.280. The van der Waals surface area contributed by atoms with E-state index in [0.717, 1.165) is 0 Å². The van der Waals surface area contributed by atoms with Crippen molar-refractivity contribution >= 4 is 5.97 Å². The Labute approximate surface area is 106 Å². The van der Waals surface area contributed by atoms with Crippen molar-refractivity contribution in [2.75, 3.05) is 33.9 Å². The molecule has 1 rings (SSSR count). The summed E-state index contributed by atoms with van der Waals surface area (Å²) in [4.78, 5) is 12.9. The second-order valence-corrected chi connectivity index (χ2v) is 3.93. The van der Waals surface area contributed by atoms with E-state index in [1.807, 2.05) is 11.9 Å². The lowest BCUT2D eigenvalue weighted by molar-refractivity contribution is -0.140. The number of likely N-dealkylation sites (N-methyl/N-ethyl adjacent to an activating group) is 1. The third kappa shape index (κ3) is 5.63. The number of carbonyl (C=O) groups excluding carboxylic acids is 1. The lowest BCUT2D eigenvalue weighted by Crippen LogP contribution is -2.27. The zero-order valence-electron chi connectivity index (χ0n) is 10.7. The van der Waals surface area contributed by atoms with Crippen molar-refractivity contribution in [3.8, 4) is 5.75 Å². The summed E-state index contributed by atoms with van der Waals surface area (Å²) in [6.45, 7) is 1.80. The van der Waals surface area contributed by atoms with Crippen LogP contribution in [-0.4, -0.2) is 44.7 Å². The molecule has 100 valence electrons. The molecule has 0 N–H and O–H groups in total. The smallest absolute Gasteiger partial charge is 0.306 e. The van der Waals surface area contributed by atoms with E-state index in [4.69, 9.17) is 4.74 Å². The average Bonchev–Trinajstić information content (AvgIpc) is 2.38. The van der Waals surface area contributed by atoms with Gasteiger partial charge in [0.2, 0.25) is 0 Å². The molecule has 0 aliphatic carbocycles. The van der Waals surface area contributed by atoms with Crippen LogP contribution in [0.2, 0.25) is 0 Å². The molecule has 0 saturated carbocycles. The van der Waals surface area contributed by atoms with Gasteiger partial charge in [-0.25, -0.2) is 4.39 Å². The van der Waals surface area contributed by atoms with Gasteiger partial charge in [0.1, 0.15) is 18.2 Å². The van der Waals surface area contributed by atoms with Crippen LogP contribution >= 0.6 is 0 Å². The normalized spacial score (nSPS) is 10.4. The van der Waals surface area contributed by atoms with Gasteiger partial charge in [-0.15, -0.1) is 0 Å². The third-order valence-electron chi connectivity index (χ3n) is 2.48. The molecule has 0 unspecified atom stereocenters. The summed E-state index contributed by atoms with van der Waals surface area (Å²) < 4.78 is 22.6. The van der Waals surface area contributed by atoms with Gasteiger partial charge in [0, 0.05) is 13.1 Å². The van der Waals surface area contributed by atoms with E-state index in [1.54, 1.807) is 12.1 Å². The number of nitrogens with zero attached hydrogens (tertiary/aromatic N) is 1. The number of esters is 1. The molecule has 0 amide bonds. The fourth-order valence-electron chi connectivity index (χ4n) is 1.35. The Kier molecular flexibility index (Phi) is 6.14. The summed E-state index contributed by atoms with van der Waals surface area (Å²) in [7, 11) is 3.27. The topological polar surface area (TPSA) is 38.8 Å². The highest BCUT2D eigenvalue weighted by molar-refractivity contribution is 5.69. The summed E-state index contributed by atoms with van der Waals surface area (Å²) in [5, 5.41) is 0. The van der Waals surface area contributed by atoms with Crippen LogP contribution in [0.15, 0.2) is 24.3 Å². The zero-order chi connectivity index (χ0) is 13.4. The van der Waals surface area contributed by atoms with Crippen molar-refractivity contribution in [1.82, 2.24) is 4.90 Å². The van der Waals surface area contributed by atoms with Gasteiger partial charge in [-0.05, 0) is 31.3 Å². The molecule has 0 radical (unpaired) electrons. The molecule has 0 aromatic heterocycles. The van der Waals surface area contributed by atoms with Gasteiger partial charge in [-0.3, -0.25) is 4.79 Å². The average molecular weight is 255 g/mol. The highest BCUT2D eigenvalue weighted by Crippen LogP contribution is 2.10. The number of hydrogen-bond donors (Lipinski definition) is 0. The molecule has 0 bridgehead atoms. The number of carbonyl (C=O) groups is 1. The molecule has 18 heavy (non-hydrogen) atoms. The van der Waals surface area contributed by atoms with Crippen LogP contribution in [0, 0.1) is 5.82 Å². The van der Waals surface area contributed by atoms with E-state index in [0.29, 0.717) is 31.9 Å². The quantitative estimate of drug-likeness (QED) is 0.695. The molecule has 5 heteroatoms. The van der Waals surface area contributed by atoms with Gasteiger partial charge in [0.25, 0.3) is 0 Å². The number of benzene rings is 1. The molecular weight excluding hydrogens is 237 g/mol. The maximum atomic E-state index is 12.6. The Balaban J connectivity index is 2.17. The maximum absolute atomic E-state index is 12.6. The zero-order valence-corrected chi connectivity index (χ0v) is 10.7. The summed E-state index contributed by atoms with van der Waals surface area (Å²) in [5.41, 5.74) is 0. The van der Waals surface area contributed by atoms with Crippen LogP contribution in [0.25, 0.3) is 0 Å². The number of rotatable bonds is 7. The predicted molar refractivity (Wildman–Crippen MR) is 66.0 cm³/mol. The van der Waals surface area contributed by atoms with Crippen molar-refractivity contribution in [1.29, 1.82) is 0 Å². The third-order valence-corrected chi connectivity index (χ3v) is 2.48. The minimum absolute atomic E-state index is 0.221. The molecule has 1 aromatic carbocycles. The van der Waals surface area contributed by atoms with Crippen molar-refractivity contribution in [3.63, 3.8) is 0 Å². The number of halogens is 1. The van der Waals surface area contributed by atoms with E-state index >= 15 is 0 Å². The van der Waals surface area contributed by atoms with Crippen LogP contribution < -0.4 is 4.74 Å². The van der Waals surface area contributed by atoms with Crippen LogP contribution in [-0.2, 0) is 9.53 Å². The van der Waals surface area contributed by atoms with Crippen molar-refractivity contribution in [2.24, 2.45) is 0 Å². The van der Waals surface area contributed by atoms with Crippen molar-refractivity contribution in [3.05, 3.63) is 30.1 Å². The van der Waals surface area contributed by atoms with E-state index in [2.05, 4.69) is 4.74 Å². The van der Waals surface area contributed by atoms with E-state index in [9.17, 15) is 9.18 Å². The lowest BCUT2D eigenvalue weighted by atomic mass is 10.3. The first-order valence-electron chi connectivity index (χ1n) is 5.75. The molecule has 0 aliphatic heterocycles. The van der Waals surface area contributed by atoms with E-state index < -0.39 is 0 Å². The monoisotopic (exact) mass is 255 g/mol. The number of ether oxygens (including phenoxy) is 2. The standard InChI is InChI=1S/C13H18FNO3/c1-15(8-7-13(16)17-2)9-10-18-12-5-3-11(14)4-6-12/h3-6H,7-10H2,1-2H3. The first-order chi connectivity index (χ1) is 8.61. The van der Waals surface area contributed by atoms with Gasteiger partial charge in [-0.1, -0.05) is 0 Å². The summed E-state index contributed by atoms with van der Waals surface area (Å²) in [6, 6.07) is 5.89. The number of hydrogen-bond acceptors (Lipinski definition) is 4. The summed E-state index contributed by atoms with van der Waals surface area (Å²) in [5.74, 6) is 0.136. The second-order valence-electron chi connectivity index (χ2n) is 3.93. The van der Waals surface area contributed by atoms with Gasteiger partial charge >= 0.3 is 5.97 Å². The van der Waals surface area contributed by atoms with Crippen LogP contribution in [0.4, 0.5) is 4.39 Å². The minimum Gasteiger partial charge on any atom is -0.492 e. The van der Waals surface area contributed by atoms with Gasteiger partial charge < -0.3 is 14.4 Å². The van der Waals surface area contributed by atoms with Crippen LogP contribution in [0.3, 0.4) is 0 Å². The maximum Gasteiger partial charge on any atom is 0.306 e.